The number of hydroxylamine groups is 3. The van der Waals surface area contributed by atoms with E-state index in [0.717, 1.165) is 33.8 Å². The average Bonchev–Trinajstić information content (AvgIpc) is 2.87. The average molecular weight is 549 g/mol. The molecule has 0 aromatic heterocycles. The maximum atomic E-state index is 11.1. The Labute approximate surface area is 240 Å². The van der Waals surface area contributed by atoms with Crippen molar-refractivity contribution in [2.75, 3.05) is 15.2 Å². The van der Waals surface area contributed by atoms with Crippen molar-refractivity contribution in [2.24, 2.45) is 0 Å². The normalized spacial score (nSPS) is 12.5. The molecule has 0 saturated carbocycles. The van der Waals surface area contributed by atoms with Crippen LogP contribution in [-0.2, 0) is 19.6 Å². The van der Waals surface area contributed by atoms with Crippen LogP contribution in [0.5, 0.6) is 0 Å². The fourth-order valence-corrected chi connectivity index (χ4v) is 4.53. The Bertz CT molecular complexity index is 1100. The Hall–Kier alpha value is -3.10. The summed E-state index contributed by atoms with van der Waals surface area (Å²) in [6.07, 6.45) is 0. The number of hydrogen-bond donors (Lipinski definition) is 3. The molecule has 0 spiro atoms. The van der Waals surface area contributed by atoms with Crippen molar-refractivity contribution in [3.8, 4) is 0 Å². The van der Waals surface area contributed by atoms with E-state index in [1.807, 2.05) is 135 Å². The number of benzene rings is 3. The van der Waals surface area contributed by atoms with Gasteiger partial charge in [-0.25, -0.2) is 0 Å². The first-order valence-corrected chi connectivity index (χ1v) is 13.9. The Kier molecular flexibility index (Phi) is 9.58. The lowest BCUT2D eigenvalue weighted by molar-refractivity contribution is 0.174. The van der Waals surface area contributed by atoms with E-state index in [1.54, 1.807) is 0 Å². The molecule has 0 unspecified atom stereocenters. The van der Waals surface area contributed by atoms with Crippen LogP contribution in [0.3, 0.4) is 0 Å². The van der Waals surface area contributed by atoms with Gasteiger partial charge in [-0.1, -0.05) is 54.6 Å². The zero-order valence-corrected chi connectivity index (χ0v) is 25.7. The van der Waals surface area contributed by atoms with Crippen LogP contribution in [0.15, 0.2) is 72.8 Å². The van der Waals surface area contributed by atoms with Crippen molar-refractivity contribution in [3.63, 3.8) is 0 Å². The number of para-hydroxylation sites is 3. The monoisotopic (exact) mass is 548 g/mol. The molecule has 3 aromatic rings. The van der Waals surface area contributed by atoms with Crippen LogP contribution in [-0.4, -0.2) is 37.1 Å². The van der Waals surface area contributed by atoms with Crippen LogP contribution < -0.4 is 15.2 Å². The predicted octanol–water partition coefficient (Wildman–Crippen LogP) is 7.87. The molecule has 0 bridgehead atoms. The smallest absolute Gasteiger partial charge is 0.0685 e. The largest absolute Gasteiger partial charge is 0.290 e. The molecule has 7 nitrogen and oxygen atoms in total. The lowest BCUT2D eigenvalue weighted by atomic mass is 10.0. The zero-order valence-electron chi connectivity index (χ0n) is 25.7. The maximum Gasteiger partial charge on any atom is 0.0685 e. The van der Waals surface area contributed by atoms with Gasteiger partial charge in [-0.05, 0) is 97.2 Å². The van der Waals surface area contributed by atoms with Gasteiger partial charge in [0.1, 0.15) is 0 Å². The topological polar surface area (TPSA) is 73.7 Å². The van der Waals surface area contributed by atoms with Crippen LogP contribution in [0.4, 0.5) is 17.1 Å². The van der Waals surface area contributed by atoms with Crippen molar-refractivity contribution in [1.82, 2.24) is 4.90 Å². The van der Waals surface area contributed by atoms with Crippen molar-refractivity contribution < 1.29 is 15.6 Å². The number of nitrogens with zero attached hydrogens (tertiary/aromatic N) is 4. The highest BCUT2D eigenvalue weighted by molar-refractivity contribution is 5.56. The standard InChI is InChI=1S/C33H48N4O3/c1-31(2,3)35(38)28-19-13-10-16-25(28)22-34(23-26-17-11-14-20-29(26)36(39)32(4,5)6)24-27-18-12-15-21-30(27)37(40)33(7,8)9/h10-21,38-40H,22-24H2,1-9H3. The molecular formula is C33H48N4O3. The van der Waals surface area contributed by atoms with Gasteiger partial charge in [0.2, 0.25) is 0 Å². The number of rotatable bonds is 9. The summed E-state index contributed by atoms with van der Waals surface area (Å²) < 4.78 is 0. The maximum absolute atomic E-state index is 11.1. The molecule has 7 heteroatoms. The van der Waals surface area contributed by atoms with E-state index in [-0.39, 0.29) is 0 Å². The molecule has 3 aromatic carbocycles. The summed E-state index contributed by atoms with van der Waals surface area (Å²) in [5, 5.41) is 37.2. The van der Waals surface area contributed by atoms with E-state index >= 15 is 0 Å². The fourth-order valence-electron chi connectivity index (χ4n) is 4.53. The fraction of sp³-hybridized carbons (Fsp3) is 0.455. The zero-order chi connectivity index (χ0) is 29.9. The molecular weight excluding hydrogens is 500 g/mol. The highest BCUT2D eigenvalue weighted by Crippen LogP contribution is 2.32. The van der Waals surface area contributed by atoms with Gasteiger partial charge in [0.25, 0.3) is 0 Å². The minimum absolute atomic E-state index is 0.478. The molecule has 0 aliphatic heterocycles. The molecule has 0 fully saturated rings. The van der Waals surface area contributed by atoms with Gasteiger partial charge in [-0.2, -0.15) is 0 Å². The van der Waals surface area contributed by atoms with E-state index in [2.05, 4.69) is 4.90 Å². The van der Waals surface area contributed by atoms with Crippen LogP contribution in [0.25, 0.3) is 0 Å². The van der Waals surface area contributed by atoms with Gasteiger partial charge in [0.05, 0.1) is 33.7 Å². The van der Waals surface area contributed by atoms with Crippen molar-refractivity contribution >= 4 is 17.1 Å². The summed E-state index contributed by atoms with van der Waals surface area (Å²) in [6, 6.07) is 23.7. The van der Waals surface area contributed by atoms with E-state index in [4.69, 9.17) is 0 Å². The summed E-state index contributed by atoms with van der Waals surface area (Å²) in [5.41, 5.74) is 3.74. The molecule has 0 heterocycles. The highest BCUT2D eigenvalue weighted by atomic mass is 16.5. The summed E-state index contributed by atoms with van der Waals surface area (Å²) >= 11 is 0. The minimum Gasteiger partial charge on any atom is -0.290 e. The molecule has 0 amide bonds. The molecule has 3 N–H and O–H groups in total. The third-order valence-electron chi connectivity index (χ3n) is 6.75. The molecule has 0 aliphatic carbocycles. The first-order valence-electron chi connectivity index (χ1n) is 13.9. The van der Waals surface area contributed by atoms with E-state index in [0.29, 0.717) is 19.6 Å². The van der Waals surface area contributed by atoms with Crippen LogP contribution in [0, 0.1) is 0 Å². The van der Waals surface area contributed by atoms with Gasteiger partial charge < -0.3 is 0 Å². The lowest BCUT2D eigenvalue weighted by Gasteiger charge is -2.36. The summed E-state index contributed by atoms with van der Waals surface area (Å²) in [4.78, 5) is 2.28. The molecule has 0 saturated heterocycles. The van der Waals surface area contributed by atoms with Gasteiger partial charge in [0, 0.05) is 19.6 Å². The lowest BCUT2D eigenvalue weighted by Crippen LogP contribution is -2.40. The van der Waals surface area contributed by atoms with Crippen LogP contribution in [0.2, 0.25) is 0 Å². The summed E-state index contributed by atoms with van der Waals surface area (Å²) in [7, 11) is 0. The van der Waals surface area contributed by atoms with E-state index < -0.39 is 16.6 Å². The van der Waals surface area contributed by atoms with Crippen molar-refractivity contribution in [2.45, 2.75) is 98.6 Å². The van der Waals surface area contributed by atoms with Gasteiger partial charge >= 0.3 is 0 Å². The van der Waals surface area contributed by atoms with E-state index in [1.165, 1.54) is 15.2 Å². The first kappa shape index (κ1) is 31.4. The molecule has 0 radical (unpaired) electrons. The van der Waals surface area contributed by atoms with Gasteiger partial charge in [0.15, 0.2) is 0 Å². The molecule has 3 rings (SSSR count). The second kappa shape index (κ2) is 12.2. The number of anilines is 3. The Morgan fingerprint density at radius 2 is 0.650 bits per heavy atom. The Balaban J connectivity index is 2.08. The third-order valence-corrected chi connectivity index (χ3v) is 6.75. The van der Waals surface area contributed by atoms with Crippen LogP contribution in [0.1, 0.15) is 79.0 Å². The predicted molar refractivity (Wildman–Crippen MR) is 164 cm³/mol. The highest BCUT2D eigenvalue weighted by Gasteiger charge is 2.27. The van der Waals surface area contributed by atoms with Crippen molar-refractivity contribution in [3.05, 3.63) is 89.5 Å². The SMILES string of the molecule is CC(C)(C)N(O)c1ccccc1CN(Cc1ccccc1N(O)C(C)(C)C)Cc1ccccc1N(O)C(C)(C)C. The molecule has 0 atom stereocenters. The summed E-state index contributed by atoms with van der Waals surface area (Å²) in [6.45, 7) is 19.3. The molecule has 0 aliphatic rings. The number of hydrogen-bond acceptors (Lipinski definition) is 7. The first-order chi connectivity index (χ1) is 18.5. The Morgan fingerprint density at radius 3 is 0.875 bits per heavy atom. The Morgan fingerprint density at radius 1 is 0.425 bits per heavy atom. The van der Waals surface area contributed by atoms with E-state index in [9.17, 15) is 15.6 Å². The van der Waals surface area contributed by atoms with Gasteiger partial charge in [-0.3, -0.25) is 35.7 Å². The quantitative estimate of drug-likeness (QED) is 0.235. The van der Waals surface area contributed by atoms with Crippen molar-refractivity contribution in [1.29, 1.82) is 0 Å². The molecule has 218 valence electrons. The third kappa shape index (κ3) is 7.76. The summed E-state index contributed by atoms with van der Waals surface area (Å²) in [5.74, 6) is 0. The van der Waals surface area contributed by atoms with Gasteiger partial charge in [-0.15, -0.1) is 0 Å². The molecule has 40 heavy (non-hydrogen) atoms. The second-order valence-corrected chi connectivity index (χ2v) is 13.5. The minimum atomic E-state index is -0.478. The second-order valence-electron chi connectivity index (χ2n) is 13.5. The van der Waals surface area contributed by atoms with Crippen LogP contribution >= 0.6 is 0 Å².